The Labute approximate surface area is 105 Å². The van der Waals surface area contributed by atoms with E-state index in [0.29, 0.717) is 12.5 Å². The third-order valence-electron chi connectivity index (χ3n) is 3.12. The third-order valence-corrected chi connectivity index (χ3v) is 3.12. The molecule has 2 N–H and O–H groups in total. The lowest BCUT2D eigenvalue weighted by molar-refractivity contribution is -0.142. The molecule has 0 bridgehead atoms. The van der Waals surface area contributed by atoms with E-state index in [1.165, 1.54) is 0 Å². The second-order valence-corrected chi connectivity index (χ2v) is 5.16. The molecule has 0 saturated heterocycles. The summed E-state index contributed by atoms with van der Waals surface area (Å²) in [6.07, 6.45) is 1.88. The molecule has 0 radical (unpaired) electrons. The average Bonchev–Trinajstić information content (AvgIpc) is 2.26. The van der Waals surface area contributed by atoms with Crippen LogP contribution in [0.2, 0.25) is 0 Å². The van der Waals surface area contributed by atoms with Crippen LogP contribution in [0.15, 0.2) is 0 Å². The molecule has 0 aromatic heterocycles. The second kappa shape index (κ2) is 8.48. The van der Waals surface area contributed by atoms with Gasteiger partial charge in [0, 0.05) is 12.6 Å². The number of nitrogens with zero attached hydrogens (tertiary/aromatic N) is 1. The lowest BCUT2D eigenvalue weighted by Crippen LogP contribution is -2.42. The maximum absolute atomic E-state index is 10.9. The highest BCUT2D eigenvalue weighted by Gasteiger charge is 2.21. The van der Waals surface area contributed by atoms with Gasteiger partial charge in [-0.05, 0) is 25.3 Å². The molecule has 0 spiro atoms. The molecule has 0 heterocycles. The number of rotatable bonds is 9. The summed E-state index contributed by atoms with van der Waals surface area (Å²) < 4.78 is 0. The normalized spacial score (nSPS) is 15.2. The van der Waals surface area contributed by atoms with Crippen LogP contribution in [0, 0.1) is 11.8 Å². The van der Waals surface area contributed by atoms with Gasteiger partial charge in [-0.3, -0.25) is 9.69 Å². The van der Waals surface area contributed by atoms with E-state index >= 15 is 0 Å². The lowest BCUT2D eigenvalue weighted by atomic mass is 10.1. The predicted molar refractivity (Wildman–Crippen MR) is 69.0 cm³/mol. The molecule has 102 valence electrons. The number of hydrogen-bond acceptors (Lipinski definition) is 3. The highest BCUT2D eigenvalue weighted by Crippen LogP contribution is 2.11. The molecule has 2 unspecified atom stereocenters. The smallest absolute Gasteiger partial charge is 0.307 e. The first-order chi connectivity index (χ1) is 7.92. The zero-order valence-electron chi connectivity index (χ0n) is 11.5. The van der Waals surface area contributed by atoms with Crippen molar-refractivity contribution in [1.29, 1.82) is 0 Å². The molecule has 0 aliphatic rings. The largest absolute Gasteiger partial charge is 0.481 e. The second-order valence-electron chi connectivity index (χ2n) is 5.16. The first-order valence-corrected chi connectivity index (χ1v) is 6.50. The van der Waals surface area contributed by atoms with Gasteiger partial charge in [0.25, 0.3) is 0 Å². The van der Waals surface area contributed by atoms with Crippen LogP contribution in [0.3, 0.4) is 0 Å². The Morgan fingerprint density at radius 3 is 2.24 bits per heavy atom. The molecule has 4 nitrogen and oxygen atoms in total. The number of carboxylic acids is 1. The van der Waals surface area contributed by atoms with E-state index in [1.54, 1.807) is 6.92 Å². The van der Waals surface area contributed by atoms with E-state index in [-0.39, 0.29) is 18.6 Å². The maximum atomic E-state index is 10.9. The van der Waals surface area contributed by atoms with Gasteiger partial charge in [-0.25, -0.2) is 0 Å². The Bertz CT molecular complexity index is 215. The molecule has 0 amide bonds. The summed E-state index contributed by atoms with van der Waals surface area (Å²) in [5.74, 6) is -0.566. The van der Waals surface area contributed by atoms with Crippen molar-refractivity contribution in [1.82, 2.24) is 4.90 Å². The fourth-order valence-corrected chi connectivity index (χ4v) is 1.78. The van der Waals surface area contributed by atoms with Crippen molar-refractivity contribution < 1.29 is 15.0 Å². The number of carbonyl (C=O) groups is 1. The summed E-state index contributed by atoms with van der Waals surface area (Å²) in [5.41, 5.74) is 0. The van der Waals surface area contributed by atoms with E-state index in [4.69, 9.17) is 5.11 Å². The van der Waals surface area contributed by atoms with Gasteiger partial charge in [0.1, 0.15) is 0 Å². The van der Waals surface area contributed by atoms with E-state index in [0.717, 1.165) is 19.4 Å². The van der Waals surface area contributed by atoms with Crippen molar-refractivity contribution in [2.45, 2.75) is 46.6 Å². The van der Waals surface area contributed by atoms with Crippen LogP contribution in [0.25, 0.3) is 0 Å². The summed E-state index contributed by atoms with van der Waals surface area (Å²) in [7, 11) is 0. The minimum Gasteiger partial charge on any atom is -0.481 e. The summed E-state index contributed by atoms with van der Waals surface area (Å²) in [4.78, 5) is 13.0. The molecule has 0 aliphatic carbocycles. The number of hydrogen-bond donors (Lipinski definition) is 2. The highest BCUT2D eigenvalue weighted by atomic mass is 16.4. The molecule has 0 saturated carbocycles. The van der Waals surface area contributed by atoms with Crippen LogP contribution >= 0.6 is 0 Å². The minimum atomic E-state index is -0.771. The molecular weight excluding hydrogens is 218 g/mol. The van der Waals surface area contributed by atoms with Crippen LogP contribution in [0.1, 0.15) is 40.5 Å². The van der Waals surface area contributed by atoms with E-state index in [1.807, 2.05) is 6.92 Å². The first-order valence-electron chi connectivity index (χ1n) is 6.50. The average molecular weight is 245 g/mol. The van der Waals surface area contributed by atoms with Gasteiger partial charge >= 0.3 is 5.97 Å². The zero-order valence-corrected chi connectivity index (χ0v) is 11.5. The Morgan fingerprint density at radius 1 is 1.29 bits per heavy atom. The monoisotopic (exact) mass is 245 g/mol. The van der Waals surface area contributed by atoms with Crippen LogP contribution in [0.4, 0.5) is 0 Å². The molecular formula is C13H27NO3. The van der Waals surface area contributed by atoms with Gasteiger partial charge in [0.05, 0.1) is 12.5 Å². The van der Waals surface area contributed by atoms with Gasteiger partial charge in [-0.15, -0.1) is 0 Å². The summed E-state index contributed by atoms with van der Waals surface area (Å²) in [6.45, 7) is 9.51. The number of aliphatic hydroxyl groups is 1. The zero-order chi connectivity index (χ0) is 13.4. The lowest BCUT2D eigenvalue weighted by Gasteiger charge is -2.31. The fraction of sp³-hybridized carbons (Fsp3) is 0.923. The van der Waals surface area contributed by atoms with Crippen LogP contribution in [-0.4, -0.2) is 46.8 Å². The molecule has 2 atom stereocenters. The third kappa shape index (κ3) is 6.64. The Morgan fingerprint density at radius 2 is 1.88 bits per heavy atom. The first kappa shape index (κ1) is 16.4. The van der Waals surface area contributed by atoms with E-state index in [2.05, 4.69) is 18.7 Å². The topological polar surface area (TPSA) is 60.8 Å². The van der Waals surface area contributed by atoms with Crippen LogP contribution < -0.4 is 0 Å². The number of aliphatic hydroxyl groups excluding tert-OH is 1. The van der Waals surface area contributed by atoms with Crippen molar-refractivity contribution in [2.75, 3.05) is 19.7 Å². The van der Waals surface area contributed by atoms with Crippen LogP contribution in [-0.2, 0) is 4.79 Å². The molecule has 0 fully saturated rings. The minimum absolute atomic E-state index is 0.0792. The van der Waals surface area contributed by atoms with Crippen molar-refractivity contribution in [3.05, 3.63) is 0 Å². The Balaban J connectivity index is 4.43. The summed E-state index contributed by atoms with van der Waals surface area (Å²) in [6, 6.07) is 0.0792. The standard InChI is InChI=1S/C13H27NO3/c1-5-12(9-15)14(7-6-10(2)3)8-11(4)13(16)17/h10-12,15H,5-9H2,1-4H3,(H,16,17). The summed E-state index contributed by atoms with van der Waals surface area (Å²) >= 11 is 0. The molecule has 17 heavy (non-hydrogen) atoms. The molecule has 0 aromatic carbocycles. The van der Waals surface area contributed by atoms with Gasteiger partial charge in [-0.2, -0.15) is 0 Å². The SMILES string of the molecule is CCC(CO)N(CCC(C)C)CC(C)C(=O)O. The van der Waals surface area contributed by atoms with Gasteiger partial charge < -0.3 is 10.2 Å². The van der Waals surface area contributed by atoms with Gasteiger partial charge in [-0.1, -0.05) is 27.7 Å². The molecule has 0 rings (SSSR count). The molecule has 0 aromatic rings. The van der Waals surface area contributed by atoms with Crippen LogP contribution in [0.5, 0.6) is 0 Å². The van der Waals surface area contributed by atoms with Crippen molar-refractivity contribution in [3.8, 4) is 0 Å². The summed E-state index contributed by atoms with van der Waals surface area (Å²) in [5, 5.41) is 18.3. The highest BCUT2D eigenvalue weighted by molar-refractivity contribution is 5.69. The van der Waals surface area contributed by atoms with Crippen molar-refractivity contribution in [3.63, 3.8) is 0 Å². The van der Waals surface area contributed by atoms with Crippen molar-refractivity contribution in [2.24, 2.45) is 11.8 Å². The quantitative estimate of drug-likeness (QED) is 0.650. The predicted octanol–water partition coefficient (Wildman–Crippen LogP) is 1.83. The van der Waals surface area contributed by atoms with E-state index < -0.39 is 5.97 Å². The molecule has 0 aliphatic heterocycles. The van der Waals surface area contributed by atoms with Gasteiger partial charge in [0.15, 0.2) is 0 Å². The number of aliphatic carboxylic acids is 1. The maximum Gasteiger partial charge on any atom is 0.307 e. The number of carboxylic acid groups (broad SMARTS) is 1. The van der Waals surface area contributed by atoms with Crippen molar-refractivity contribution >= 4 is 5.97 Å². The Kier molecular flexibility index (Phi) is 8.17. The van der Waals surface area contributed by atoms with E-state index in [9.17, 15) is 9.90 Å². The Hall–Kier alpha value is -0.610. The fourth-order valence-electron chi connectivity index (χ4n) is 1.78. The molecule has 4 heteroatoms. The van der Waals surface area contributed by atoms with Gasteiger partial charge in [0.2, 0.25) is 0 Å².